The summed E-state index contributed by atoms with van der Waals surface area (Å²) >= 11 is 0. The molecular formula is C20H17F6N3O5S. The molecule has 0 atom stereocenters. The number of hydrogen-bond acceptors (Lipinski definition) is 6. The van der Waals surface area contributed by atoms with E-state index >= 15 is 0 Å². The first kappa shape index (κ1) is 26.3. The largest absolute Gasteiger partial charge is 0.573 e. The van der Waals surface area contributed by atoms with Crippen molar-refractivity contribution < 1.29 is 49.0 Å². The van der Waals surface area contributed by atoms with Crippen LogP contribution in [0.1, 0.15) is 12.0 Å². The Bertz CT molecular complexity index is 1200. The van der Waals surface area contributed by atoms with E-state index in [0.717, 1.165) is 28.6 Å². The van der Waals surface area contributed by atoms with Gasteiger partial charge in [0.15, 0.2) is 0 Å². The molecule has 0 saturated heterocycles. The molecule has 0 radical (unpaired) electrons. The molecule has 1 aromatic heterocycles. The number of carbonyl (C=O) groups excluding carboxylic acids is 1. The lowest BCUT2D eigenvalue weighted by Gasteiger charge is -2.26. The normalized spacial score (nSPS) is 15.3. The fourth-order valence-electron chi connectivity index (χ4n) is 3.09. The Morgan fingerprint density at radius 1 is 1.09 bits per heavy atom. The molecule has 0 unspecified atom stereocenters. The summed E-state index contributed by atoms with van der Waals surface area (Å²) in [7, 11) is -4.04. The lowest BCUT2D eigenvalue weighted by atomic mass is 10.0. The lowest BCUT2D eigenvalue weighted by molar-refractivity contribution is -0.274. The first-order valence-electron chi connectivity index (χ1n) is 9.77. The van der Waals surface area contributed by atoms with Crippen LogP contribution in [0.4, 0.5) is 31.1 Å². The van der Waals surface area contributed by atoms with E-state index in [9.17, 15) is 39.6 Å². The molecule has 0 bridgehead atoms. The summed E-state index contributed by atoms with van der Waals surface area (Å²) in [4.78, 5) is 15.3. The third kappa shape index (κ3) is 7.32. The van der Waals surface area contributed by atoms with E-state index in [-0.39, 0.29) is 30.3 Å². The van der Waals surface area contributed by atoms with Gasteiger partial charge in [0.2, 0.25) is 15.9 Å². The summed E-state index contributed by atoms with van der Waals surface area (Å²) < 4.78 is 109. The number of alkyl halides is 6. The van der Waals surface area contributed by atoms with Crippen molar-refractivity contribution in [1.82, 2.24) is 14.6 Å². The van der Waals surface area contributed by atoms with Crippen molar-refractivity contribution in [2.24, 2.45) is 0 Å². The summed E-state index contributed by atoms with van der Waals surface area (Å²) in [5.41, 5.74) is 0.831. The highest BCUT2D eigenvalue weighted by atomic mass is 32.2. The minimum absolute atomic E-state index is 0.0242. The van der Waals surface area contributed by atoms with Gasteiger partial charge in [-0.25, -0.2) is 18.2 Å². The Labute approximate surface area is 195 Å². The van der Waals surface area contributed by atoms with Gasteiger partial charge in [-0.3, -0.25) is 0 Å². The minimum atomic E-state index is -4.91. The van der Waals surface area contributed by atoms with Gasteiger partial charge in [-0.15, -0.1) is 13.2 Å². The number of nitrogens with one attached hydrogen (secondary N) is 1. The van der Waals surface area contributed by atoms with Crippen molar-refractivity contribution in [2.75, 3.05) is 19.6 Å². The monoisotopic (exact) mass is 525 g/mol. The molecule has 0 aliphatic carbocycles. The Kier molecular flexibility index (Phi) is 7.59. The van der Waals surface area contributed by atoms with Gasteiger partial charge < -0.3 is 14.8 Å². The van der Waals surface area contributed by atoms with E-state index in [2.05, 4.69) is 9.72 Å². The van der Waals surface area contributed by atoms with Crippen LogP contribution in [0.2, 0.25) is 0 Å². The Balaban J connectivity index is 1.71. The number of pyridine rings is 1. The standard InChI is InChI=1S/C20H17F6N3O5S/c21-19(22,23)12-28-18(30)33-17-16(2-1-9-27-17)13-7-10-29(11-8-13)35(31,32)15-5-3-14(4-6-15)34-20(24,25)26/h1-7,9H,8,10-12H2,(H,28,30). The molecule has 8 nitrogen and oxygen atoms in total. The number of benzene rings is 1. The van der Waals surface area contributed by atoms with Crippen molar-refractivity contribution in [1.29, 1.82) is 0 Å². The molecule has 1 aliphatic rings. The number of ether oxygens (including phenoxy) is 2. The molecule has 1 amide bonds. The smallest absolute Gasteiger partial charge is 0.406 e. The second-order valence-corrected chi connectivity index (χ2v) is 9.01. The van der Waals surface area contributed by atoms with E-state index in [1.54, 1.807) is 5.32 Å². The number of carbonyl (C=O) groups is 1. The van der Waals surface area contributed by atoms with Gasteiger partial charge in [0.1, 0.15) is 12.3 Å². The number of rotatable bonds is 6. The van der Waals surface area contributed by atoms with E-state index in [0.29, 0.717) is 11.1 Å². The molecule has 0 saturated carbocycles. The first-order chi connectivity index (χ1) is 16.2. The van der Waals surface area contributed by atoms with Crippen LogP contribution in [0.3, 0.4) is 0 Å². The first-order valence-corrected chi connectivity index (χ1v) is 11.2. The molecule has 2 aromatic rings. The summed E-state index contributed by atoms with van der Waals surface area (Å²) in [6.45, 7) is -1.73. The van der Waals surface area contributed by atoms with E-state index in [1.165, 1.54) is 24.4 Å². The molecule has 1 aliphatic heterocycles. The van der Waals surface area contributed by atoms with Gasteiger partial charge >= 0.3 is 18.6 Å². The Morgan fingerprint density at radius 3 is 2.34 bits per heavy atom. The zero-order chi connectivity index (χ0) is 25.9. The highest BCUT2D eigenvalue weighted by Crippen LogP contribution is 2.31. The molecule has 1 N–H and O–H groups in total. The fraction of sp³-hybridized carbons (Fsp3) is 0.300. The molecule has 35 heavy (non-hydrogen) atoms. The summed E-state index contributed by atoms with van der Waals surface area (Å²) in [5.74, 6) is -0.823. The Hall–Kier alpha value is -3.33. The maximum absolute atomic E-state index is 12.8. The number of hydrogen-bond donors (Lipinski definition) is 1. The molecular weight excluding hydrogens is 508 g/mol. The second-order valence-electron chi connectivity index (χ2n) is 7.08. The van der Waals surface area contributed by atoms with Gasteiger partial charge in [0.25, 0.3) is 0 Å². The van der Waals surface area contributed by atoms with Crippen LogP contribution in [0, 0.1) is 0 Å². The minimum Gasteiger partial charge on any atom is -0.406 e. The highest BCUT2D eigenvalue weighted by molar-refractivity contribution is 7.89. The SMILES string of the molecule is O=C(NCC(F)(F)F)Oc1ncccc1C1=CCN(S(=O)(=O)c2ccc(OC(F)(F)F)cc2)CC1. The summed E-state index contributed by atoms with van der Waals surface area (Å²) in [6, 6.07) is 6.76. The number of halogens is 6. The number of aromatic nitrogens is 1. The predicted octanol–water partition coefficient (Wildman–Crippen LogP) is 4.11. The van der Waals surface area contributed by atoms with E-state index in [4.69, 9.17) is 4.74 Å². The van der Waals surface area contributed by atoms with E-state index < -0.39 is 40.9 Å². The molecule has 15 heteroatoms. The van der Waals surface area contributed by atoms with Crippen LogP contribution < -0.4 is 14.8 Å². The average molecular weight is 525 g/mol. The summed E-state index contributed by atoms with van der Waals surface area (Å²) in [6.07, 6.45) is -7.98. The molecule has 2 heterocycles. The second kappa shape index (κ2) is 10.1. The fourth-order valence-corrected chi connectivity index (χ4v) is 4.47. The van der Waals surface area contributed by atoms with Crippen LogP contribution in [-0.4, -0.2) is 56.0 Å². The van der Waals surface area contributed by atoms with Crippen LogP contribution in [-0.2, 0) is 10.0 Å². The molecule has 1 aromatic carbocycles. The van der Waals surface area contributed by atoms with Crippen molar-refractivity contribution in [3.63, 3.8) is 0 Å². The van der Waals surface area contributed by atoms with Crippen molar-refractivity contribution in [3.05, 3.63) is 54.2 Å². The lowest BCUT2D eigenvalue weighted by Crippen LogP contribution is -2.36. The highest BCUT2D eigenvalue weighted by Gasteiger charge is 2.32. The quantitative estimate of drug-likeness (QED) is 0.571. The molecule has 0 fully saturated rings. The maximum Gasteiger partial charge on any atom is 0.573 e. The van der Waals surface area contributed by atoms with Gasteiger partial charge in [0.05, 0.1) is 4.90 Å². The van der Waals surface area contributed by atoms with Crippen LogP contribution in [0.5, 0.6) is 11.6 Å². The average Bonchev–Trinajstić information content (AvgIpc) is 2.77. The van der Waals surface area contributed by atoms with Gasteiger partial charge in [-0.2, -0.15) is 17.5 Å². The maximum atomic E-state index is 12.8. The molecule has 190 valence electrons. The van der Waals surface area contributed by atoms with Crippen molar-refractivity contribution in [3.8, 4) is 11.6 Å². The van der Waals surface area contributed by atoms with Crippen LogP contribution in [0.25, 0.3) is 5.57 Å². The van der Waals surface area contributed by atoms with Gasteiger partial charge in [0, 0.05) is 24.8 Å². The third-order valence-corrected chi connectivity index (χ3v) is 6.49. The van der Waals surface area contributed by atoms with Crippen LogP contribution >= 0.6 is 0 Å². The number of sulfonamides is 1. The topological polar surface area (TPSA) is 97.8 Å². The third-order valence-electron chi connectivity index (χ3n) is 4.61. The van der Waals surface area contributed by atoms with E-state index in [1.807, 2.05) is 0 Å². The van der Waals surface area contributed by atoms with Gasteiger partial charge in [-0.1, -0.05) is 6.08 Å². The molecule has 0 spiro atoms. The zero-order valence-electron chi connectivity index (χ0n) is 17.6. The number of nitrogens with zero attached hydrogens (tertiary/aromatic N) is 2. The van der Waals surface area contributed by atoms with Crippen molar-refractivity contribution >= 4 is 21.7 Å². The zero-order valence-corrected chi connectivity index (χ0v) is 18.4. The Morgan fingerprint density at radius 2 is 1.77 bits per heavy atom. The predicted molar refractivity (Wildman–Crippen MR) is 109 cm³/mol. The van der Waals surface area contributed by atoms with Crippen molar-refractivity contribution in [2.45, 2.75) is 23.9 Å². The summed E-state index contributed by atoms with van der Waals surface area (Å²) in [5, 5.41) is 1.56. The number of amides is 1. The molecule has 3 rings (SSSR count). The van der Waals surface area contributed by atoms with Gasteiger partial charge in [-0.05, 0) is 48.4 Å². The van der Waals surface area contributed by atoms with Crippen LogP contribution in [0.15, 0.2) is 53.6 Å².